The molecule has 9 rings (SSSR count). The number of thiazole rings is 1. The average Bonchev–Trinajstić information content (AvgIpc) is 3.77. The first-order valence-corrected chi connectivity index (χ1v) is 19.1. The monoisotopic (exact) mass is 660 g/mol. The van der Waals surface area contributed by atoms with Crippen molar-refractivity contribution in [1.29, 1.82) is 0 Å². The van der Waals surface area contributed by atoms with E-state index in [4.69, 9.17) is 9.73 Å². The van der Waals surface area contributed by atoms with Crippen LogP contribution in [0.3, 0.4) is 0 Å². The van der Waals surface area contributed by atoms with Gasteiger partial charge in [-0.25, -0.2) is 9.98 Å². The highest BCUT2D eigenvalue weighted by Gasteiger charge is 2.54. The number of carbonyl (C=O) groups excluding carboxylic acids is 4. The van der Waals surface area contributed by atoms with Gasteiger partial charge in [-0.3, -0.25) is 19.2 Å². The zero-order valence-corrected chi connectivity index (χ0v) is 28.0. The van der Waals surface area contributed by atoms with Gasteiger partial charge < -0.3 is 10.1 Å². The fourth-order valence-electron chi connectivity index (χ4n) is 10.2. The predicted octanol–water partition coefficient (Wildman–Crippen LogP) is 6.09. The second-order valence-corrected chi connectivity index (χ2v) is 17.5. The van der Waals surface area contributed by atoms with Crippen molar-refractivity contribution in [3.63, 3.8) is 0 Å². The molecule has 3 heterocycles. The number of thioether (sulfide) groups is 1. The van der Waals surface area contributed by atoms with Gasteiger partial charge in [0.15, 0.2) is 34.3 Å². The van der Waals surface area contributed by atoms with E-state index in [1.165, 1.54) is 61.6 Å². The number of hydrogen-bond acceptors (Lipinski definition) is 11. The van der Waals surface area contributed by atoms with Crippen molar-refractivity contribution in [3.8, 4) is 5.88 Å². The van der Waals surface area contributed by atoms with E-state index in [1.807, 2.05) is 13.8 Å². The summed E-state index contributed by atoms with van der Waals surface area (Å²) in [5.41, 5.74) is -0.307. The molecule has 0 spiro atoms. The van der Waals surface area contributed by atoms with E-state index in [0.29, 0.717) is 34.7 Å². The van der Waals surface area contributed by atoms with Crippen molar-refractivity contribution in [2.45, 2.75) is 102 Å². The average molecular weight is 661 g/mol. The Morgan fingerprint density at radius 1 is 0.739 bits per heavy atom. The maximum Gasteiger partial charge on any atom is 0.236 e. The third-order valence-corrected chi connectivity index (χ3v) is 14.7. The summed E-state index contributed by atoms with van der Waals surface area (Å²) in [4.78, 5) is 69.7. The summed E-state index contributed by atoms with van der Waals surface area (Å²) in [7, 11) is 0. The summed E-state index contributed by atoms with van der Waals surface area (Å²) < 4.78 is 6.33. The summed E-state index contributed by atoms with van der Waals surface area (Å²) in [5.74, 6) is 1.31. The van der Waals surface area contributed by atoms with Gasteiger partial charge in [0.05, 0.1) is 10.6 Å². The molecular formula is C35H40N4O5S2. The molecule has 1 N–H and O–H groups in total. The number of nitrogens with one attached hydrogen (secondary N) is 1. The Kier molecular flexibility index (Phi) is 6.84. The first kappa shape index (κ1) is 29.5. The van der Waals surface area contributed by atoms with Crippen molar-refractivity contribution in [2.24, 2.45) is 57.3 Å². The first-order valence-electron chi connectivity index (χ1n) is 17.4. The van der Waals surface area contributed by atoms with Gasteiger partial charge >= 0.3 is 0 Å². The van der Waals surface area contributed by atoms with Gasteiger partial charge in [0.2, 0.25) is 11.0 Å². The molecule has 9 nitrogen and oxygen atoms in total. The number of aromatic nitrogens is 1. The number of hydrogen-bond donors (Lipinski definition) is 1. The Morgan fingerprint density at radius 2 is 1.22 bits per heavy atom. The third kappa shape index (κ3) is 4.49. The zero-order chi connectivity index (χ0) is 31.5. The van der Waals surface area contributed by atoms with E-state index in [-0.39, 0.29) is 58.2 Å². The molecule has 0 bridgehead atoms. The smallest absolute Gasteiger partial charge is 0.236 e. The molecule has 6 fully saturated rings. The van der Waals surface area contributed by atoms with Crippen LogP contribution in [0.2, 0.25) is 0 Å². The molecule has 2 aliphatic heterocycles. The molecule has 242 valence electrons. The summed E-state index contributed by atoms with van der Waals surface area (Å²) in [5, 5.41) is 3.78. The van der Waals surface area contributed by atoms with Crippen LogP contribution in [0.1, 0.15) is 95.8 Å². The van der Waals surface area contributed by atoms with Gasteiger partial charge in [-0.05, 0) is 63.2 Å². The lowest BCUT2D eigenvalue weighted by atomic mass is 9.64. The quantitative estimate of drug-likeness (QED) is 0.404. The number of ether oxygens (including phenoxy) is 1. The molecule has 6 saturated carbocycles. The minimum Gasteiger partial charge on any atom is -0.464 e. The summed E-state index contributed by atoms with van der Waals surface area (Å²) >= 11 is 2.75. The van der Waals surface area contributed by atoms with E-state index in [0.717, 1.165) is 54.0 Å². The topological polar surface area (TPSA) is 127 Å². The lowest BCUT2D eigenvalue weighted by Gasteiger charge is -2.40. The lowest BCUT2D eigenvalue weighted by Crippen LogP contribution is -2.40. The van der Waals surface area contributed by atoms with E-state index < -0.39 is 11.1 Å². The molecule has 1 aromatic rings. The van der Waals surface area contributed by atoms with Gasteiger partial charge in [0.1, 0.15) is 16.2 Å². The van der Waals surface area contributed by atoms with Crippen LogP contribution in [0.5, 0.6) is 5.88 Å². The molecule has 0 amide bonds. The Morgan fingerprint density at radius 3 is 1.72 bits per heavy atom. The Labute approximate surface area is 276 Å². The van der Waals surface area contributed by atoms with Crippen LogP contribution in [-0.4, -0.2) is 50.6 Å². The SMILES string of the molecule is CC1(C)Oc2nc(N=C3C(=O)C4CC5CCCCC5CC4C3=O)sc2C2=C1NC(N=C1C(=O)C3CC4CCCCC4CC3C1=O)S2. The zero-order valence-electron chi connectivity index (χ0n) is 26.4. The van der Waals surface area contributed by atoms with Crippen molar-refractivity contribution in [2.75, 3.05) is 0 Å². The molecule has 9 unspecified atom stereocenters. The number of rotatable bonds is 2. The lowest BCUT2D eigenvalue weighted by molar-refractivity contribution is -0.123. The van der Waals surface area contributed by atoms with Crippen LogP contribution in [-0.2, 0) is 19.2 Å². The number of ketones is 4. The molecular weight excluding hydrogens is 621 g/mol. The van der Waals surface area contributed by atoms with E-state index in [1.54, 1.807) is 0 Å². The number of carbonyl (C=O) groups is 4. The van der Waals surface area contributed by atoms with Crippen LogP contribution < -0.4 is 10.1 Å². The summed E-state index contributed by atoms with van der Waals surface area (Å²) in [6.07, 6.45) is 12.8. The van der Waals surface area contributed by atoms with Crippen LogP contribution >= 0.6 is 23.1 Å². The minimum absolute atomic E-state index is 0.0502. The number of aliphatic imine (C=N–C) groups is 2. The molecule has 8 aliphatic rings. The molecule has 46 heavy (non-hydrogen) atoms. The molecule has 0 saturated heterocycles. The van der Waals surface area contributed by atoms with E-state index >= 15 is 0 Å². The number of fused-ring (bicyclic) bond motifs is 6. The highest BCUT2D eigenvalue weighted by atomic mass is 32.2. The fraction of sp³-hybridized carbons (Fsp3) is 0.686. The van der Waals surface area contributed by atoms with Crippen LogP contribution in [0.15, 0.2) is 15.7 Å². The maximum atomic E-state index is 13.5. The van der Waals surface area contributed by atoms with Crippen LogP contribution in [0.4, 0.5) is 5.13 Å². The fourth-order valence-corrected chi connectivity index (χ4v) is 12.5. The van der Waals surface area contributed by atoms with Gasteiger partial charge in [-0.15, -0.1) is 0 Å². The first-order chi connectivity index (χ1) is 22.2. The van der Waals surface area contributed by atoms with Crippen LogP contribution in [0, 0.1) is 47.3 Å². The molecule has 6 aliphatic carbocycles. The molecule has 0 aromatic carbocycles. The standard InChI is InChI=1S/C35H40N4O5S2/c1-35(2)31-29(45-33(38-31)36-23-25(40)19-11-15-7-3-4-8-16(15)12-20(19)26(23)41)30-32(44-35)39-34(46-30)37-24-27(42)21-13-17-9-5-6-10-18(17)14-22(21)28(24)43/h15-22,33,38H,3-14H2,1-2H3. The van der Waals surface area contributed by atoms with Crippen molar-refractivity contribution >= 4 is 67.7 Å². The van der Waals surface area contributed by atoms with Crippen molar-refractivity contribution in [3.05, 3.63) is 10.6 Å². The van der Waals surface area contributed by atoms with Gasteiger partial charge in [0, 0.05) is 23.7 Å². The van der Waals surface area contributed by atoms with Crippen LogP contribution in [0.25, 0.3) is 4.91 Å². The van der Waals surface area contributed by atoms with Crippen molar-refractivity contribution in [1.82, 2.24) is 10.3 Å². The predicted molar refractivity (Wildman–Crippen MR) is 176 cm³/mol. The molecule has 0 radical (unpaired) electrons. The van der Waals surface area contributed by atoms with E-state index in [2.05, 4.69) is 15.3 Å². The number of Topliss-reactive ketones (excluding diaryl/α,β-unsaturated/α-hetero) is 4. The molecule has 9 atom stereocenters. The third-order valence-electron chi connectivity index (χ3n) is 12.5. The normalized spacial score (nSPS) is 39.1. The van der Waals surface area contributed by atoms with E-state index in [9.17, 15) is 19.2 Å². The maximum absolute atomic E-state index is 13.5. The summed E-state index contributed by atoms with van der Waals surface area (Å²) in [6, 6.07) is 0. The highest BCUT2D eigenvalue weighted by molar-refractivity contribution is 8.09. The molecule has 11 heteroatoms. The van der Waals surface area contributed by atoms with Gasteiger partial charge in [-0.1, -0.05) is 74.5 Å². The van der Waals surface area contributed by atoms with Crippen molar-refractivity contribution < 1.29 is 23.9 Å². The van der Waals surface area contributed by atoms with Gasteiger partial charge in [-0.2, -0.15) is 4.98 Å². The second-order valence-electron chi connectivity index (χ2n) is 15.4. The highest BCUT2D eigenvalue weighted by Crippen LogP contribution is 2.55. The molecule has 1 aromatic heterocycles. The summed E-state index contributed by atoms with van der Waals surface area (Å²) in [6.45, 7) is 3.88. The Bertz CT molecular complexity index is 1610. The number of nitrogens with zero attached hydrogens (tertiary/aromatic N) is 3. The largest absolute Gasteiger partial charge is 0.464 e. The second kappa shape index (κ2) is 10.7. The van der Waals surface area contributed by atoms with Gasteiger partial charge in [0.25, 0.3) is 0 Å². The Balaban J connectivity index is 0.966. The Hall–Kier alpha value is -2.66. The minimum atomic E-state index is -0.764.